The fourth-order valence-corrected chi connectivity index (χ4v) is 3.36. The van der Waals surface area contributed by atoms with Gasteiger partial charge in [-0.25, -0.2) is 0 Å². The van der Waals surface area contributed by atoms with Crippen molar-refractivity contribution in [1.29, 1.82) is 0 Å². The summed E-state index contributed by atoms with van der Waals surface area (Å²) in [6, 6.07) is 14.0. The molecule has 0 aliphatic carbocycles. The van der Waals surface area contributed by atoms with Crippen molar-refractivity contribution in [3.8, 4) is 22.9 Å². The zero-order chi connectivity index (χ0) is 19.9. The van der Waals surface area contributed by atoms with E-state index in [0.29, 0.717) is 19.0 Å². The molecule has 0 spiro atoms. The Hall–Kier alpha value is -3.35. The molecule has 0 radical (unpaired) electrons. The van der Waals surface area contributed by atoms with Crippen LogP contribution in [0.5, 0.6) is 11.5 Å². The van der Waals surface area contributed by atoms with Crippen LogP contribution in [-0.4, -0.2) is 38.8 Å². The third kappa shape index (κ3) is 4.56. The van der Waals surface area contributed by atoms with Gasteiger partial charge in [0, 0.05) is 17.3 Å². The highest BCUT2D eigenvalue weighted by atomic mass is 16.5. The number of fused-ring (bicyclic) bond motifs is 1. The zero-order valence-electron chi connectivity index (χ0n) is 16.5. The Morgan fingerprint density at radius 2 is 1.76 bits per heavy atom. The van der Waals surface area contributed by atoms with Crippen LogP contribution in [0.25, 0.3) is 22.3 Å². The van der Waals surface area contributed by atoms with E-state index in [-0.39, 0.29) is 0 Å². The van der Waals surface area contributed by atoms with E-state index in [2.05, 4.69) is 50.7 Å². The number of benzene rings is 2. The molecule has 7 heteroatoms. The number of hydrogen-bond acceptors (Lipinski definition) is 5. The number of hydrogen-bond donors (Lipinski definition) is 2. The van der Waals surface area contributed by atoms with Crippen LogP contribution in [0.3, 0.4) is 0 Å². The first-order valence-electron chi connectivity index (χ1n) is 10.0. The number of aryl methyl sites for hydroxylation is 1. The molecule has 0 aliphatic rings. The van der Waals surface area contributed by atoms with Gasteiger partial charge in [-0.1, -0.05) is 13.3 Å². The minimum atomic E-state index is 0.577. The van der Waals surface area contributed by atoms with Gasteiger partial charge in [-0.3, -0.25) is 0 Å². The Kier molecular flexibility index (Phi) is 6.04. The first-order valence-corrected chi connectivity index (χ1v) is 10.0. The quantitative estimate of drug-likeness (QED) is 0.388. The smallest absolute Gasteiger partial charge is 0.204 e. The van der Waals surface area contributed by atoms with E-state index in [9.17, 15) is 0 Å². The Morgan fingerprint density at radius 3 is 2.52 bits per heavy atom. The number of aromatic amines is 2. The molecular formula is C22H25N5O2. The highest BCUT2D eigenvalue weighted by Gasteiger charge is 2.09. The monoisotopic (exact) mass is 391 g/mol. The fraction of sp³-hybridized carbons (Fsp3) is 0.318. The molecule has 4 rings (SSSR count). The molecule has 0 saturated heterocycles. The van der Waals surface area contributed by atoms with Gasteiger partial charge in [-0.15, -0.1) is 10.2 Å². The third-order valence-corrected chi connectivity index (χ3v) is 4.82. The minimum absolute atomic E-state index is 0.577. The molecule has 0 aliphatic heterocycles. The lowest BCUT2D eigenvalue weighted by molar-refractivity contribution is 0.265. The predicted octanol–water partition coefficient (Wildman–Crippen LogP) is 4.54. The van der Waals surface area contributed by atoms with E-state index >= 15 is 0 Å². The number of tetrazole rings is 1. The van der Waals surface area contributed by atoms with Gasteiger partial charge in [-0.05, 0) is 72.3 Å². The van der Waals surface area contributed by atoms with Crippen molar-refractivity contribution in [1.82, 2.24) is 25.6 Å². The summed E-state index contributed by atoms with van der Waals surface area (Å²) in [6.07, 6.45) is 5.96. The molecule has 0 unspecified atom stereocenters. The number of nitrogens with zero attached hydrogens (tertiary/aromatic N) is 3. The molecule has 4 aromatic rings. The Balaban J connectivity index is 1.22. The van der Waals surface area contributed by atoms with Crippen LogP contribution in [0.1, 0.15) is 31.7 Å². The van der Waals surface area contributed by atoms with Gasteiger partial charge in [0.15, 0.2) is 0 Å². The van der Waals surface area contributed by atoms with Crippen LogP contribution < -0.4 is 9.47 Å². The standard InChI is InChI=1S/C22H25N5O2/c1-2-5-19-20(11-8-16-12-13-23-21(16)19)29-15-4-3-14-28-18-9-6-17(7-10-18)22-24-26-27-25-22/h6-13,23H,2-5,14-15H2,1H3,(H,24,25,26,27). The normalized spacial score (nSPS) is 11.1. The van der Waals surface area contributed by atoms with E-state index in [0.717, 1.165) is 42.7 Å². The zero-order valence-corrected chi connectivity index (χ0v) is 16.5. The second kappa shape index (κ2) is 9.23. The molecule has 2 aromatic carbocycles. The topological polar surface area (TPSA) is 88.7 Å². The molecule has 2 N–H and O–H groups in total. The van der Waals surface area contributed by atoms with E-state index in [1.807, 2.05) is 30.5 Å². The summed E-state index contributed by atoms with van der Waals surface area (Å²) in [6.45, 7) is 3.53. The Morgan fingerprint density at radius 1 is 0.931 bits per heavy atom. The summed E-state index contributed by atoms with van der Waals surface area (Å²) in [5.74, 6) is 2.40. The lowest BCUT2D eigenvalue weighted by atomic mass is 10.1. The lowest BCUT2D eigenvalue weighted by Crippen LogP contribution is -2.04. The number of ether oxygens (including phenoxy) is 2. The molecule has 0 bridgehead atoms. The van der Waals surface area contributed by atoms with Crippen LogP contribution in [0.15, 0.2) is 48.7 Å². The van der Waals surface area contributed by atoms with Crippen molar-refractivity contribution in [2.45, 2.75) is 32.6 Å². The van der Waals surface area contributed by atoms with Crippen LogP contribution in [-0.2, 0) is 6.42 Å². The largest absolute Gasteiger partial charge is 0.494 e. The first kappa shape index (κ1) is 19.0. The van der Waals surface area contributed by atoms with Crippen molar-refractivity contribution in [3.05, 3.63) is 54.2 Å². The van der Waals surface area contributed by atoms with E-state index in [4.69, 9.17) is 9.47 Å². The van der Waals surface area contributed by atoms with Gasteiger partial charge < -0.3 is 14.5 Å². The van der Waals surface area contributed by atoms with Gasteiger partial charge in [0.25, 0.3) is 0 Å². The maximum Gasteiger partial charge on any atom is 0.204 e. The molecule has 2 aromatic heterocycles. The Bertz CT molecular complexity index is 1030. The summed E-state index contributed by atoms with van der Waals surface area (Å²) in [7, 11) is 0. The molecule has 0 fully saturated rings. The number of unbranched alkanes of at least 4 members (excludes halogenated alkanes) is 1. The first-order chi connectivity index (χ1) is 14.3. The molecule has 0 saturated carbocycles. The average molecular weight is 391 g/mol. The summed E-state index contributed by atoms with van der Waals surface area (Å²) < 4.78 is 11.9. The van der Waals surface area contributed by atoms with Gasteiger partial charge in [-0.2, -0.15) is 5.21 Å². The second-order valence-corrected chi connectivity index (χ2v) is 6.90. The minimum Gasteiger partial charge on any atom is -0.494 e. The number of rotatable bonds is 10. The van der Waals surface area contributed by atoms with Crippen molar-refractivity contribution >= 4 is 10.9 Å². The lowest BCUT2D eigenvalue weighted by Gasteiger charge is -2.12. The van der Waals surface area contributed by atoms with E-state index < -0.39 is 0 Å². The number of aromatic nitrogens is 5. The van der Waals surface area contributed by atoms with Crippen LogP contribution in [0.4, 0.5) is 0 Å². The molecule has 0 atom stereocenters. The van der Waals surface area contributed by atoms with Gasteiger partial charge >= 0.3 is 0 Å². The predicted molar refractivity (Wildman–Crippen MR) is 112 cm³/mol. The van der Waals surface area contributed by atoms with Gasteiger partial charge in [0.05, 0.1) is 18.7 Å². The van der Waals surface area contributed by atoms with Crippen LogP contribution in [0, 0.1) is 0 Å². The van der Waals surface area contributed by atoms with Gasteiger partial charge in [0.2, 0.25) is 5.82 Å². The Labute approximate surface area is 169 Å². The molecular weight excluding hydrogens is 366 g/mol. The maximum absolute atomic E-state index is 6.08. The van der Waals surface area contributed by atoms with E-state index in [1.54, 1.807) is 0 Å². The molecule has 29 heavy (non-hydrogen) atoms. The average Bonchev–Trinajstić information content (AvgIpc) is 3.44. The van der Waals surface area contributed by atoms with Crippen molar-refractivity contribution in [3.63, 3.8) is 0 Å². The van der Waals surface area contributed by atoms with Crippen molar-refractivity contribution in [2.24, 2.45) is 0 Å². The molecule has 7 nitrogen and oxygen atoms in total. The van der Waals surface area contributed by atoms with Crippen molar-refractivity contribution < 1.29 is 9.47 Å². The summed E-state index contributed by atoms with van der Waals surface area (Å²) in [5.41, 5.74) is 3.37. The number of nitrogens with one attached hydrogen (secondary N) is 2. The highest BCUT2D eigenvalue weighted by molar-refractivity contribution is 5.84. The summed E-state index contributed by atoms with van der Waals surface area (Å²) in [5, 5.41) is 15.2. The highest BCUT2D eigenvalue weighted by Crippen LogP contribution is 2.28. The van der Waals surface area contributed by atoms with Crippen LogP contribution in [0.2, 0.25) is 0 Å². The second-order valence-electron chi connectivity index (χ2n) is 6.90. The summed E-state index contributed by atoms with van der Waals surface area (Å²) >= 11 is 0. The number of H-pyrrole nitrogens is 2. The molecule has 0 amide bonds. The third-order valence-electron chi connectivity index (χ3n) is 4.82. The van der Waals surface area contributed by atoms with E-state index in [1.165, 1.54) is 16.5 Å². The van der Waals surface area contributed by atoms with Crippen molar-refractivity contribution in [2.75, 3.05) is 13.2 Å². The van der Waals surface area contributed by atoms with Gasteiger partial charge in [0.1, 0.15) is 11.5 Å². The molecule has 150 valence electrons. The summed E-state index contributed by atoms with van der Waals surface area (Å²) in [4.78, 5) is 3.34. The molecule has 2 heterocycles. The SMILES string of the molecule is CCCc1c(OCCCCOc2ccc(-c3nn[nH]n3)cc2)ccc2cc[nH]c12. The maximum atomic E-state index is 6.08. The van der Waals surface area contributed by atoms with Crippen LogP contribution >= 0.6 is 0 Å². The fourth-order valence-electron chi connectivity index (χ4n) is 3.36.